The van der Waals surface area contributed by atoms with E-state index < -0.39 is 0 Å². The SMILES string of the molecule is CCCC1(C)COc2ccccc2O1. The van der Waals surface area contributed by atoms with Crippen LogP contribution in [0.15, 0.2) is 24.3 Å². The number of fused-ring (bicyclic) bond motifs is 1. The molecule has 0 saturated carbocycles. The second kappa shape index (κ2) is 3.52. The van der Waals surface area contributed by atoms with Crippen LogP contribution in [-0.4, -0.2) is 12.2 Å². The molecule has 0 aliphatic carbocycles. The summed E-state index contributed by atoms with van der Waals surface area (Å²) in [4.78, 5) is 0. The van der Waals surface area contributed by atoms with Gasteiger partial charge in [0.2, 0.25) is 0 Å². The molecule has 1 aromatic rings. The molecular weight excluding hydrogens is 176 g/mol. The van der Waals surface area contributed by atoms with E-state index >= 15 is 0 Å². The summed E-state index contributed by atoms with van der Waals surface area (Å²) >= 11 is 0. The predicted octanol–water partition coefficient (Wildman–Crippen LogP) is 3.02. The molecule has 1 heterocycles. The minimum absolute atomic E-state index is 0.150. The minimum atomic E-state index is -0.150. The van der Waals surface area contributed by atoms with E-state index in [9.17, 15) is 0 Å². The molecule has 2 nitrogen and oxygen atoms in total. The number of ether oxygens (including phenoxy) is 2. The highest BCUT2D eigenvalue weighted by molar-refractivity contribution is 5.41. The average Bonchev–Trinajstić information content (AvgIpc) is 2.17. The fourth-order valence-corrected chi connectivity index (χ4v) is 1.83. The van der Waals surface area contributed by atoms with Gasteiger partial charge in [-0.15, -0.1) is 0 Å². The third-order valence-corrected chi connectivity index (χ3v) is 2.52. The summed E-state index contributed by atoms with van der Waals surface area (Å²) in [7, 11) is 0. The van der Waals surface area contributed by atoms with E-state index in [0.29, 0.717) is 6.61 Å². The minimum Gasteiger partial charge on any atom is -0.486 e. The summed E-state index contributed by atoms with van der Waals surface area (Å²) in [6.45, 7) is 4.92. The van der Waals surface area contributed by atoms with Crippen molar-refractivity contribution in [3.05, 3.63) is 24.3 Å². The van der Waals surface area contributed by atoms with Crippen molar-refractivity contribution < 1.29 is 9.47 Å². The van der Waals surface area contributed by atoms with Crippen molar-refractivity contribution in [3.63, 3.8) is 0 Å². The maximum Gasteiger partial charge on any atom is 0.162 e. The molecule has 2 heteroatoms. The molecule has 1 aliphatic rings. The maximum atomic E-state index is 5.93. The first-order valence-electron chi connectivity index (χ1n) is 5.14. The third kappa shape index (κ3) is 1.69. The Labute approximate surface area is 84.8 Å². The normalized spacial score (nSPS) is 24.7. The standard InChI is InChI=1S/C12H16O2/c1-3-8-12(2)9-13-10-6-4-5-7-11(10)14-12/h4-7H,3,8-9H2,1-2H3. The van der Waals surface area contributed by atoms with Gasteiger partial charge in [-0.1, -0.05) is 25.5 Å². The van der Waals surface area contributed by atoms with Crippen molar-refractivity contribution in [1.82, 2.24) is 0 Å². The first-order chi connectivity index (χ1) is 6.73. The van der Waals surface area contributed by atoms with Gasteiger partial charge in [0, 0.05) is 0 Å². The summed E-state index contributed by atoms with van der Waals surface area (Å²) in [6, 6.07) is 7.84. The lowest BCUT2D eigenvalue weighted by Crippen LogP contribution is -2.41. The van der Waals surface area contributed by atoms with Crippen LogP contribution < -0.4 is 9.47 Å². The molecule has 1 unspecified atom stereocenters. The Kier molecular flexibility index (Phi) is 2.36. The molecule has 0 fully saturated rings. The van der Waals surface area contributed by atoms with Crippen molar-refractivity contribution in [2.24, 2.45) is 0 Å². The third-order valence-electron chi connectivity index (χ3n) is 2.52. The molecule has 76 valence electrons. The van der Waals surface area contributed by atoms with Crippen molar-refractivity contribution in [2.75, 3.05) is 6.61 Å². The van der Waals surface area contributed by atoms with Crippen molar-refractivity contribution in [1.29, 1.82) is 0 Å². The van der Waals surface area contributed by atoms with Crippen LogP contribution in [0.4, 0.5) is 0 Å². The van der Waals surface area contributed by atoms with Gasteiger partial charge in [-0.05, 0) is 25.5 Å². The zero-order valence-electron chi connectivity index (χ0n) is 8.75. The van der Waals surface area contributed by atoms with Crippen LogP contribution in [0.2, 0.25) is 0 Å². The quantitative estimate of drug-likeness (QED) is 0.717. The molecule has 0 aromatic heterocycles. The first kappa shape index (κ1) is 9.38. The van der Waals surface area contributed by atoms with Gasteiger partial charge in [0.25, 0.3) is 0 Å². The lowest BCUT2D eigenvalue weighted by molar-refractivity contribution is -0.000719. The van der Waals surface area contributed by atoms with Crippen LogP contribution in [0.25, 0.3) is 0 Å². The summed E-state index contributed by atoms with van der Waals surface area (Å²) in [6.07, 6.45) is 2.14. The topological polar surface area (TPSA) is 18.5 Å². The largest absolute Gasteiger partial charge is 0.486 e. The molecule has 1 atom stereocenters. The van der Waals surface area contributed by atoms with E-state index in [0.717, 1.165) is 24.3 Å². The summed E-state index contributed by atoms with van der Waals surface area (Å²) in [5.41, 5.74) is -0.150. The Bertz CT molecular complexity index is 322. The van der Waals surface area contributed by atoms with E-state index in [-0.39, 0.29) is 5.60 Å². The smallest absolute Gasteiger partial charge is 0.162 e. The van der Waals surface area contributed by atoms with E-state index in [1.807, 2.05) is 24.3 Å². The maximum absolute atomic E-state index is 5.93. The molecule has 0 amide bonds. The first-order valence-corrected chi connectivity index (χ1v) is 5.14. The summed E-state index contributed by atoms with van der Waals surface area (Å²) in [5, 5.41) is 0. The Morgan fingerprint density at radius 3 is 2.71 bits per heavy atom. The van der Waals surface area contributed by atoms with E-state index in [1.54, 1.807) is 0 Å². The van der Waals surface area contributed by atoms with Gasteiger partial charge in [0.15, 0.2) is 11.5 Å². The second-order valence-corrected chi connectivity index (χ2v) is 4.04. The fraction of sp³-hybridized carbons (Fsp3) is 0.500. The van der Waals surface area contributed by atoms with Gasteiger partial charge in [0.05, 0.1) is 0 Å². The monoisotopic (exact) mass is 192 g/mol. The molecule has 0 bridgehead atoms. The second-order valence-electron chi connectivity index (χ2n) is 4.04. The van der Waals surface area contributed by atoms with Crippen LogP contribution in [-0.2, 0) is 0 Å². The van der Waals surface area contributed by atoms with Crippen LogP contribution in [0.1, 0.15) is 26.7 Å². The summed E-state index contributed by atoms with van der Waals surface area (Å²) in [5.74, 6) is 1.73. The number of hydrogen-bond acceptors (Lipinski definition) is 2. The van der Waals surface area contributed by atoms with Crippen LogP contribution in [0.5, 0.6) is 11.5 Å². The zero-order valence-corrected chi connectivity index (χ0v) is 8.75. The van der Waals surface area contributed by atoms with E-state index in [4.69, 9.17) is 9.47 Å². The summed E-state index contributed by atoms with van der Waals surface area (Å²) < 4.78 is 11.6. The predicted molar refractivity (Wildman–Crippen MR) is 55.9 cm³/mol. The molecule has 2 rings (SSSR count). The molecule has 1 aromatic carbocycles. The van der Waals surface area contributed by atoms with Crippen molar-refractivity contribution in [2.45, 2.75) is 32.3 Å². The van der Waals surface area contributed by atoms with Gasteiger partial charge < -0.3 is 9.47 Å². The highest BCUT2D eigenvalue weighted by atomic mass is 16.6. The number of rotatable bonds is 2. The number of hydrogen-bond donors (Lipinski definition) is 0. The van der Waals surface area contributed by atoms with Crippen molar-refractivity contribution >= 4 is 0 Å². The Morgan fingerprint density at radius 1 is 1.29 bits per heavy atom. The number of benzene rings is 1. The number of para-hydroxylation sites is 2. The lowest BCUT2D eigenvalue weighted by Gasteiger charge is -2.35. The van der Waals surface area contributed by atoms with Gasteiger partial charge in [0.1, 0.15) is 12.2 Å². The lowest BCUT2D eigenvalue weighted by atomic mass is 10.0. The van der Waals surface area contributed by atoms with Gasteiger partial charge in [-0.25, -0.2) is 0 Å². The van der Waals surface area contributed by atoms with Crippen molar-refractivity contribution in [3.8, 4) is 11.5 Å². The van der Waals surface area contributed by atoms with E-state index in [1.165, 1.54) is 0 Å². The Hall–Kier alpha value is -1.18. The fourth-order valence-electron chi connectivity index (χ4n) is 1.83. The Morgan fingerprint density at radius 2 is 2.00 bits per heavy atom. The molecule has 0 radical (unpaired) electrons. The molecule has 0 saturated heterocycles. The highest BCUT2D eigenvalue weighted by Gasteiger charge is 2.31. The van der Waals surface area contributed by atoms with Gasteiger partial charge in [-0.2, -0.15) is 0 Å². The van der Waals surface area contributed by atoms with E-state index in [2.05, 4.69) is 13.8 Å². The highest BCUT2D eigenvalue weighted by Crippen LogP contribution is 2.36. The Balaban J connectivity index is 2.20. The molecule has 1 aliphatic heterocycles. The van der Waals surface area contributed by atoms with Crippen LogP contribution >= 0.6 is 0 Å². The molecule has 0 spiro atoms. The zero-order chi connectivity index (χ0) is 10.0. The average molecular weight is 192 g/mol. The molecule has 0 N–H and O–H groups in total. The molecule has 14 heavy (non-hydrogen) atoms. The molecular formula is C12H16O2. The van der Waals surface area contributed by atoms with Gasteiger partial charge >= 0.3 is 0 Å². The van der Waals surface area contributed by atoms with Crippen LogP contribution in [0, 0.1) is 0 Å². The van der Waals surface area contributed by atoms with Crippen LogP contribution in [0.3, 0.4) is 0 Å². The van der Waals surface area contributed by atoms with Gasteiger partial charge in [-0.3, -0.25) is 0 Å².